The van der Waals surface area contributed by atoms with Gasteiger partial charge in [0.2, 0.25) is 0 Å². The molecule has 0 aliphatic carbocycles. The van der Waals surface area contributed by atoms with Crippen LogP contribution in [0, 0.1) is 11.3 Å². The normalized spacial score (nSPS) is 18.7. The van der Waals surface area contributed by atoms with Crippen molar-refractivity contribution in [2.24, 2.45) is 0 Å². The first-order valence-electron chi connectivity index (χ1n) is 16.8. The van der Waals surface area contributed by atoms with E-state index in [4.69, 9.17) is 19.4 Å². The van der Waals surface area contributed by atoms with Gasteiger partial charge in [0.05, 0.1) is 29.9 Å². The summed E-state index contributed by atoms with van der Waals surface area (Å²) in [5.41, 5.74) is 2.99. The third-order valence-electron chi connectivity index (χ3n) is 9.63. The van der Waals surface area contributed by atoms with E-state index in [1.807, 2.05) is 30.3 Å². The number of fused-ring (bicyclic) bond motifs is 2. The number of likely N-dealkylation sites (N-methyl/N-ethyl adjacent to an activating group) is 1. The Balaban J connectivity index is 1.13. The molecule has 7 rings (SSSR count). The molecule has 10 nitrogen and oxygen atoms in total. The maximum Gasteiger partial charge on any atom is 0.320 e. The topological polar surface area (TPSA) is 99.8 Å². The van der Waals surface area contributed by atoms with E-state index in [2.05, 4.69) is 87.2 Å². The number of hydrogen-bond donors (Lipinski definition) is 0. The molecule has 0 N–H and O–H groups in total. The molecule has 10 heteroatoms. The van der Waals surface area contributed by atoms with Crippen LogP contribution in [0.2, 0.25) is 0 Å². The molecule has 0 saturated carbocycles. The van der Waals surface area contributed by atoms with E-state index in [1.54, 1.807) is 0 Å². The van der Waals surface area contributed by atoms with Crippen molar-refractivity contribution in [2.75, 3.05) is 51.3 Å². The summed E-state index contributed by atoms with van der Waals surface area (Å²) in [6, 6.07) is 27.4. The Morgan fingerprint density at radius 3 is 2.60 bits per heavy atom. The summed E-state index contributed by atoms with van der Waals surface area (Å²) in [7, 11) is 2.14. The number of benzene rings is 3. The van der Waals surface area contributed by atoms with Crippen molar-refractivity contribution >= 4 is 33.5 Å². The van der Waals surface area contributed by atoms with Crippen LogP contribution in [0.25, 0.3) is 21.7 Å². The van der Waals surface area contributed by atoms with Gasteiger partial charge >= 0.3 is 12.0 Å². The largest absolute Gasteiger partial charge is 0.462 e. The molecule has 2 atom stereocenters. The van der Waals surface area contributed by atoms with E-state index < -0.39 is 0 Å². The number of nitrogens with zero attached hydrogens (tertiary/aromatic N) is 7. The van der Waals surface area contributed by atoms with Gasteiger partial charge < -0.3 is 23.8 Å². The smallest absolute Gasteiger partial charge is 0.320 e. The summed E-state index contributed by atoms with van der Waals surface area (Å²) in [5.74, 6) is 0.499. The van der Waals surface area contributed by atoms with Crippen molar-refractivity contribution in [1.82, 2.24) is 24.3 Å². The molecule has 0 bridgehead atoms. The van der Waals surface area contributed by atoms with Gasteiger partial charge in [-0.3, -0.25) is 9.69 Å². The Labute approximate surface area is 281 Å². The van der Waals surface area contributed by atoms with Crippen molar-refractivity contribution < 1.29 is 14.3 Å². The first kappa shape index (κ1) is 31.6. The minimum Gasteiger partial charge on any atom is -0.462 e. The lowest BCUT2D eigenvalue weighted by atomic mass is 10.0. The molecule has 4 heterocycles. The second-order valence-electron chi connectivity index (χ2n) is 12.9. The molecule has 48 heavy (non-hydrogen) atoms. The molecule has 2 saturated heterocycles. The Morgan fingerprint density at radius 1 is 0.938 bits per heavy atom. The molecule has 2 aliphatic rings. The standard InChI is InChI=1S/C38H41N7O3/c1-42-18-8-14-32(42)27-48-38-40-35-24-43(21-30-13-7-12-29-11-5-6-15-33(29)30)23-34(35)37(41-38)45-20-19-44(31(22-45)16-17-39)25-36(46)47-26-28-9-3-2-4-10-28/h2-7,9-13,15,23-24,31-32H,8,14,16,18-22,25-27H2,1H3/t31-,32-/m0/s1. The SMILES string of the molecule is CN1CCC[C@H]1COc1nc(N2CCN(CC(=O)OCc3ccccc3)[C@@H](CC#N)C2)c2cn(Cc3cccc4ccccc34)cc2n1. The van der Waals surface area contributed by atoms with E-state index in [1.165, 1.54) is 16.3 Å². The van der Waals surface area contributed by atoms with Crippen molar-refractivity contribution in [2.45, 2.75) is 44.5 Å². The predicted octanol–water partition coefficient (Wildman–Crippen LogP) is 5.25. The molecular weight excluding hydrogens is 602 g/mol. The zero-order valence-electron chi connectivity index (χ0n) is 27.4. The van der Waals surface area contributed by atoms with Gasteiger partial charge in [0.1, 0.15) is 19.0 Å². The number of rotatable bonds is 11. The Morgan fingerprint density at radius 2 is 1.77 bits per heavy atom. The Hall–Kier alpha value is -4.98. The lowest BCUT2D eigenvalue weighted by Crippen LogP contribution is -2.54. The van der Waals surface area contributed by atoms with E-state index >= 15 is 0 Å². The van der Waals surface area contributed by atoms with Crippen molar-refractivity contribution in [3.63, 3.8) is 0 Å². The number of likely N-dealkylation sites (tertiary alicyclic amines) is 1. The number of ether oxygens (including phenoxy) is 2. The molecule has 0 amide bonds. The maximum absolute atomic E-state index is 12.8. The number of piperazine rings is 1. The number of carbonyl (C=O) groups excluding carboxylic acids is 1. The predicted molar refractivity (Wildman–Crippen MR) is 186 cm³/mol. The van der Waals surface area contributed by atoms with Crippen LogP contribution in [-0.2, 0) is 22.7 Å². The fourth-order valence-electron chi connectivity index (χ4n) is 6.96. The van der Waals surface area contributed by atoms with E-state index in [0.717, 1.165) is 41.7 Å². The van der Waals surface area contributed by atoms with Crippen molar-refractivity contribution in [3.8, 4) is 12.1 Å². The number of esters is 1. The third kappa shape index (κ3) is 7.13. The highest BCUT2D eigenvalue weighted by Crippen LogP contribution is 2.31. The van der Waals surface area contributed by atoms with Gasteiger partial charge in [-0.05, 0) is 48.3 Å². The third-order valence-corrected chi connectivity index (χ3v) is 9.63. The van der Waals surface area contributed by atoms with Crippen LogP contribution in [0.3, 0.4) is 0 Å². The molecule has 3 aromatic carbocycles. The number of carbonyl (C=O) groups is 1. The summed E-state index contributed by atoms with van der Waals surface area (Å²) >= 11 is 0. The van der Waals surface area contributed by atoms with Gasteiger partial charge in [-0.25, -0.2) is 0 Å². The first-order chi connectivity index (χ1) is 23.5. The van der Waals surface area contributed by atoms with Crippen LogP contribution in [0.15, 0.2) is 85.2 Å². The first-order valence-corrected chi connectivity index (χ1v) is 16.8. The molecule has 0 spiro atoms. The molecule has 5 aromatic rings. The van der Waals surface area contributed by atoms with Crippen LogP contribution in [-0.4, -0.2) is 88.8 Å². The Kier molecular flexibility index (Phi) is 9.50. The summed E-state index contributed by atoms with van der Waals surface area (Å²) < 4.78 is 14.0. The summed E-state index contributed by atoms with van der Waals surface area (Å²) in [6.45, 7) is 4.45. The van der Waals surface area contributed by atoms with Crippen molar-refractivity contribution in [1.29, 1.82) is 5.26 Å². The van der Waals surface area contributed by atoms with Crippen LogP contribution < -0.4 is 9.64 Å². The van der Waals surface area contributed by atoms with Crippen molar-refractivity contribution in [3.05, 3.63) is 96.3 Å². The minimum atomic E-state index is -0.294. The van der Waals surface area contributed by atoms with Crippen LogP contribution in [0.4, 0.5) is 5.82 Å². The lowest BCUT2D eigenvalue weighted by molar-refractivity contribution is -0.147. The van der Waals surface area contributed by atoms with E-state index in [-0.39, 0.29) is 31.6 Å². The number of aromatic nitrogens is 3. The zero-order valence-corrected chi connectivity index (χ0v) is 27.4. The second-order valence-corrected chi connectivity index (χ2v) is 12.9. The minimum absolute atomic E-state index is 0.136. The average molecular weight is 644 g/mol. The van der Waals surface area contributed by atoms with E-state index in [9.17, 15) is 10.1 Å². The van der Waals surface area contributed by atoms with Gasteiger partial charge in [-0.1, -0.05) is 72.8 Å². The average Bonchev–Trinajstić information content (AvgIpc) is 3.72. The van der Waals surface area contributed by atoms with Crippen LogP contribution in [0.5, 0.6) is 6.01 Å². The number of hydrogen-bond acceptors (Lipinski definition) is 9. The van der Waals surface area contributed by atoms with Gasteiger partial charge in [0.25, 0.3) is 0 Å². The molecule has 2 aromatic heterocycles. The number of anilines is 1. The highest BCUT2D eigenvalue weighted by molar-refractivity contribution is 5.90. The maximum atomic E-state index is 12.8. The summed E-state index contributed by atoms with van der Waals surface area (Å²) in [4.78, 5) is 29.3. The molecule has 2 fully saturated rings. The van der Waals surface area contributed by atoms with Gasteiger partial charge in [-0.15, -0.1) is 0 Å². The molecular formula is C38H41N7O3. The summed E-state index contributed by atoms with van der Waals surface area (Å²) in [6.07, 6.45) is 6.74. The summed E-state index contributed by atoms with van der Waals surface area (Å²) in [5, 5.41) is 13.1. The van der Waals surface area contributed by atoms with E-state index in [0.29, 0.717) is 44.8 Å². The highest BCUT2D eigenvalue weighted by atomic mass is 16.5. The van der Waals surface area contributed by atoms with Gasteiger partial charge in [0, 0.05) is 50.7 Å². The monoisotopic (exact) mass is 643 g/mol. The van der Waals surface area contributed by atoms with Crippen LogP contribution in [0.1, 0.15) is 30.4 Å². The fourth-order valence-corrected chi connectivity index (χ4v) is 6.96. The lowest BCUT2D eigenvalue weighted by Gasteiger charge is -2.40. The molecule has 246 valence electrons. The molecule has 0 radical (unpaired) electrons. The number of nitriles is 1. The second kappa shape index (κ2) is 14.4. The molecule has 0 unspecified atom stereocenters. The molecule has 2 aliphatic heterocycles. The van der Waals surface area contributed by atoms with Gasteiger partial charge in [-0.2, -0.15) is 15.2 Å². The van der Waals surface area contributed by atoms with Gasteiger partial charge in [0.15, 0.2) is 0 Å². The fraction of sp³-hybridized carbons (Fsp3) is 0.368. The quantitative estimate of drug-likeness (QED) is 0.179. The Bertz CT molecular complexity index is 1920. The highest BCUT2D eigenvalue weighted by Gasteiger charge is 2.31. The van der Waals surface area contributed by atoms with Crippen LogP contribution >= 0.6 is 0 Å². The zero-order chi connectivity index (χ0) is 32.9.